The van der Waals surface area contributed by atoms with Crippen molar-refractivity contribution in [1.82, 2.24) is 9.88 Å². The van der Waals surface area contributed by atoms with Crippen molar-refractivity contribution in [1.29, 1.82) is 0 Å². The van der Waals surface area contributed by atoms with Crippen LogP contribution in [0.3, 0.4) is 0 Å². The number of aryl methyl sites for hydroxylation is 2. The number of carbonyl (C=O) groups is 2. The highest BCUT2D eigenvalue weighted by molar-refractivity contribution is 7.99. The van der Waals surface area contributed by atoms with Gasteiger partial charge in [-0.25, -0.2) is 4.98 Å². The maximum absolute atomic E-state index is 12.9. The van der Waals surface area contributed by atoms with Crippen molar-refractivity contribution in [2.75, 3.05) is 6.54 Å². The predicted octanol–water partition coefficient (Wildman–Crippen LogP) is 3.19. The molecule has 0 fully saturated rings. The SMILES string of the molecule is Cc1ccc(Sc2ncccc2C(=O)N(CC(N)=O)C(C)C)c(C)c1. The molecule has 0 saturated carbocycles. The molecule has 0 spiro atoms. The molecule has 25 heavy (non-hydrogen) atoms. The number of rotatable bonds is 6. The highest BCUT2D eigenvalue weighted by Gasteiger charge is 2.23. The van der Waals surface area contributed by atoms with Crippen molar-refractivity contribution in [3.05, 3.63) is 53.2 Å². The van der Waals surface area contributed by atoms with E-state index < -0.39 is 5.91 Å². The van der Waals surface area contributed by atoms with E-state index in [-0.39, 0.29) is 18.5 Å². The summed E-state index contributed by atoms with van der Waals surface area (Å²) in [5, 5.41) is 0.620. The van der Waals surface area contributed by atoms with Crippen LogP contribution in [0.25, 0.3) is 0 Å². The zero-order chi connectivity index (χ0) is 18.6. The van der Waals surface area contributed by atoms with E-state index in [1.54, 1.807) is 18.3 Å². The number of aromatic nitrogens is 1. The maximum atomic E-state index is 12.9. The first-order chi connectivity index (χ1) is 11.8. The van der Waals surface area contributed by atoms with Crippen molar-refractivity contribution >= 4 is 23.6 Å². The van der Waals surface area contributed by atoms with Crippen molar-refractivity contribution in [3.63, 3.8) is 0 Å². The monoisotopic (exact) mass is 357 g/mol. The van der Waals surface area contributed by atoms with Crippen LogP contribution in [0.2, 0.25) is 0 Å². The van der Waals surface area contributed by atoms with Gasteiger partial charge in [-0.2, -0.15) is 0 Å². The molecule has 1 heterocycles. The van der Waals surface area contributed by atoms with Crippen LogP contribution in [0, 0.1) is 13.8 Å². The van der Waals surface area contributed by atoms with Crippen LogP contribution in [0.5, 0.6) is 0 Å². The summed E-state index contributed by atoms with van der Waals surface area (Å²) in [6, 6.07) is 9.48. The molecule has 0 unspecified atom stereocenters. The summed E-state index contributed by atoms with van der Waals surface area (Å²) >= 11 is 1.45. The van der Waals surface area contributed by atoms with E-state index in [0.29, 0.717) is 10.6 Å². The number of hydrogen-bond acceptors (Lipinski definition) is 4. The Morgan fingerprint density at radius 2 is 1.96 bits per heavy atom. The van der Waals surface area contributed by atoms with E-state index in [4.69, 9.17) is 5.73 Å². The first-order valence-electron chi connectivity index (χ1n) is 8.09. The molecule has 0 atom stereocenters. The molecule has 0 aliphatic heterocycles. The summed E-state index contributed by atoms with van der Waals surface area (Å²) in [6.45, 7) is 7.68. The van der Waals surface area contributed by atoms with Crippen molar-refractivity contribution in [3.8, 4) is 0 Å². The zero-order valence-corrected chi connectivity index (χ0v) is 15.8. The number of nitrogens with zero attached hydrogens (tertiary/aromatic N) is 2. The van der Waals surface area contributed by atoms with Gasteiger partial charge in [0.25, 0.3) is 5.91 Å². The normalized spacial score (nSPS) is 10.8. The predicted molar refractivity (Wildman–Crippen MR) is 99.6 cm³/mol. The van der Waals surface area contributed by atoms with E-state index in [0.717, 1.165) is 10.5 Å². The Bertz CT molecular complexity index is 790. The number of primary amides is 1. The molecule has 1 aromatic carbocycles. The Labute approximate surface area is 152 Å². The third-order valence-corrected chi connectivity index (χ3v) is 4.95. The van der Waals surface area contributed by atoms with Crippen LogP contribution < -0.4 is 5.73 Å². The van der Waals surface area contributed by atoms with Gasteiger partial charge in [0.05, 0.1) is 12.1 Å². The molecule has 6 heteroatoms. The fourth-order valence-electron chi connectivity index (χ4n) is 2.46. The Morgan fingerprint density at radius 3 is 2.56 bits per heavy atom. The number of benzene rings is 1. The van der Waals surface area contributed by atoms with E-state index in [1.807, 2.05) is 39.8 Å². The van der Waals surface area contributed by atoms with E-state index in [1.165, 1.54) is 22.2 Å². The summed E-state index contributed by atoms with van der Waals surface area (Å²) < 4.78 is 0. The smallest absolute Gasteiger partial charge is 0.257 e. The molecular weight excluding hydrogens is 334 g/mol. The van der Waals surface area contributed by atoms with E-state index in [2.05, 4.69) is 11.1 Å². The van der Waals surface area contributed by atoms with Gasteiger partial charge in [-0.15, -0.1) is 0 Å². The maximum Gasteiger partial charge on any atom is 0.257 e. The molecule has 0 bridgehead atoms. The van der Waals surface area contributed by atoms with Gasteiger partial charge in [0.15, 0.2) is 0 Å². The Kier molecular flexibility index (Phi) is 6.20. The quantitative estimate of drug-likeness (QED) is 0.861. The first kappa shape index (κ1) is 19.0. The Morgan fingerprint density at radius 1 is 1.24 bits per heavy atom. The summed E-state index contributed by atoms with van der Waals surface area (Å²) in [7, 11) is 0. The molecule has 0 aliphatic carbocycles. The van der Waals surface area contributed by atoms with Gasteiger partial charge in [-0.05, 0) is 51.5 Å². The number of carbonyl (C=O) groups excluding carboxylic acids is 2. The third kappa shape index (κ3) is 4.82. The van der Waals surface area contributed by atoms with Gasteiger partial charge in [0, 0.05) is 17.1 Å². The minimum Gasteiger partial charge on any atom is -0.368 e. The number of nitrogens with two attached hydrogens (primary N) is 1. The summed E-state index contributed by atoms with van der Waals surface area (Å²) in [5.74, 6) is -0.774. The zero-order valence-electron chi connectivity index (χ0n) is 14.9. The lowest BCUT2D eigenvalue weighted by atomic mass is 10.2. The number of amides is 2. The number of hydrogen-bond donors (Lipinski definition) is 1. The van der Waals surface area contributed by atoms with Crippen LogP contribution in [0.15, 0.2) is 46.5 Å². The molecule has 0 aliphatic rings. The highest BCUT2D eigenvalue weighted by Crippen LogP contribution is 2.32. The molecule has 132 valence electrons. The van der Waals surface area contributed by atoms with Crippen LogP contribution in [-0.2, 0) is 4.79 Å². The lowest BCUT2D eigenvalue weighted by Crippen LogP contribution is -2.43. The molecule has 2 N–H and O–H groups in total. The minimum atomic E-state index is -0.533. The second-order valence-electron chi connectivity index (χ2n) is 6.22. The van der Waals surface area contributed by atoms with Gasteiger partial charge >= 0.3 is 0 Å². The molecular formula is C19H23N3O2S. The largest absolute Gasteiger partial charge is 0.368 e. The molecule has 5 nitrogen and oxygen atoms in total. The standard InChI is InChI=1S/C19H23N3O2S/c1-12(2)22(11-17(20)23)19(24)15-6-5-9-21-18(15)25-16-8-7-13(3)10-14(16)4/h5-10,12H,11H2,1-4H3,(H2,20,23). The molecule has 2 aromatic rings. The highest BCUT2D eigenvalue weighted by atomic mass is 32.2. The van der Waals surface area contributed by atoms with E-state index in [9.17, 15) is 9.59 Å². The number of pyridine rings is 1. The summed E-state index contributed by atoms with van der Waals surface area (Å²) in [6.07, 6.45) is 1.66. The molecule has 1 aromatic heterocycles. The average molecular weight is 357 g/mol. The lowest BCUT2D eigenvalue weighted by molar-refractivity contribution is -0.119. The van der Waals surface area contributed by atoms with Crippen LogP contribution >= 0.6 is 11.8 Å². The second-order valence-corrected chi connectivity index (χ2v) is 7.25. The summed E-state index contributed by atoms with van der Waals surface area (Å²) in [4.78, 5) is 31.1. The molecule has 2 amide bonds. The van der Waals surface area contributed by atoms with Gasteiger partial charge in [0.1, 0.15) is 5.03 Å². The molecule has 2 rings (SSSR count). The van der Waals surface area contributed by atoms with Gasteiger partial charge in [-0.1, -0.05) is 29.5 Å². The Balaban J connectivity index is 2.36. The van der Waals surface area contributed by atoms with Crippen LogP contribution in [0.1, 0.15) is 35.3 Å². The topological polar surface area (TPSA) is 76.3 Å². The summed E-state index contributed by atoms with van der Waals surface area (Å²) in [5.41, 5.74) is 8.08. The third-order valence-electron chi connectivity index (χ3n) is 3.75. The average Bonchev–Trinajstić information content (AvgIpc) is 2.54. The lowest BCUT2D eigenvalue weighted by Gasteiger charge is -2.26. The Hall–Kier alpha value is -2.34. The molecule has 0 saturated heterocycles. The van der Waals surface area contributed by atoms with Gasteiger partial charge in [-0.3, -0.25) is 9.59 Å². The minimum absolute atomic E-state index is 0.112. The van der Waals surface area contributed by atoms with Crippen LogP contribution in [0.4, 0.5) is 0 Å². The fourth-order valence-corrected chi connectivity index (χ4v) is 3.41. The second kappa shape index (κ2) is 8.16. The van der Waals surface area contributed by atoms with Gasteiger partial charge in [0.2, 0.25) is 5.91 Å². The van der Waals surface area contributed by atoms with Crippen molar-refractivity contribution in [2.45, 2.75) is 43.7 Å². The van der Waals surface area contributed by atoms with Crippen molar-refractivity contribution < 1.29 is 9.59 Å². The van der Waals surface area contributed by atoms with Gasteiger partial charge < -0.3 is 10.6 Å². The van der Waals surface area contributed by atoms with Crippen molar-refractivity contribution in [2.24, 2.45) is 5.73 Å². The first-order valence-corrected chi connectivity index (χ1v) is 8.90. The fraction of sp³-hybridized carbons (Fsp3) is 0.316. The van der Waals surface area contributed by atoms with E-state index >= 15 is 0 Å². The molecule has 0 radical (unpaired) electrons. The van der Waals surface area contributed by atoms with Crippen LogP contribution in [-0.4, -0.2) is 34.3 Å².